The van der Waals surface area contributed by atoms with Crippen molar-refractivity contribution in [1.82, 2.24) is 20.1 Å². The number of amides is 1. The molecule has 0 saturated carbocycles. The molecular formula is C25H27ClN5O2. The third-order valence-corrected chi connectivity index (χ3v) is 5.88. The number of nitrogens with one attached hydrogen (secondary N) is 1. The Morgan fingerprint density at radius 2 is 1.97 bits per heavy atom. The number of hydrogen-bond acceptors (Lipinski definition) is 5. The molecule has 4 rings (SSSR count). The van der Waals surface area contributed by atoms with E-state index >= 15 is 0 Å². The van der Waals surface area contributed by atoms with Crippen molar-refractivity contribution in [2.75, 3.05) is 13.7 Å². The van der Waals surface area contributed by atoms with Crippen molar-refractivity contribution in [1.29, 1.82) is 0 Å². The molecule has 7 nitrogen and oxygen atoms in total. The lowest BCUT2D eigenvalue weighted by atomic mass is 10.00. The van der Waals surface area contributed by atoms with E-state index in [1.807, 2.05) is 54.0 Å². The maximum absolute atomic E-state index is 12.8. The number of nitrogens with zero attached hydrogens (tertiary/aromatic N) is 4. The van der Waals surface area contributed by atoms with Gasteiger partial charge in [-0.2, -0.15) is 0 Å². The molecule has 1 aliphatic rings. The van der Waals surface area contributed by atoms with E-state index in [9.17, 15) is 4.79 Å². The average molecular weight is 465 g/mol. The fraction of sp³-hybridized carbons (Fsp3) is 0.320. The molecule has 171 valence electrons. The highest BCUT2D eigenvalue weighted by atomic mass is 35.5. The molecule has 0 bridgehead atoms. The van der Waals surface area contributed by atoms with Crippen molar-refractivity contribution in [3.05, 3.63) is 77.2 Å². The highest BCUT2D eigenvalue weighted by Crippen LogP contribution is 2.34. The number of aromatic nitrogens is 3. The third-order valence-electron chi connectivity index (χ3n) is 5.63. The number of aryl methyl sites for hydroxylation is 1. The van der Waals surface area contributed by atoms with Crippen LogP contribution in [0.5, 0.6) is 5.75 Å². The molecule has 1 amide bonds. The van der Waals surface area contributed by atoms with Crippen LogP contribution >= 0.6 is 11.6 Å². The summed E-state index contributed by atoms with van der Waals surface area (Å²) in [5, 5.41) is 12.3. The van der Waals surface area contributed by atoms with E-state index in [1.165, 1.54) is 0 Å². The summed E-state index contributed by atoms with van der Waals surface area (Å²) in [6.07, 6.45) is 2.91. The minimum atomic E-state index is -0.497. The maximum atomic E-state index is 12.8. The van der Waals surface area contributed by atoms with Crippen molar-refractivity contribution >= 4 is 23.2 Å². The number of ether oxygens (including phenoxy) is 1. The smallest absolute Gasteiger partial charge is 0.222 e. The summed E-state index contributed by atoms with van der Waals surface area (Å²) < 4.78 is 7.47. The Balaban J connectivity index is 1.80. The van der Waals surface area contributed by atoms with Gasteiger partial charge in [-0.1, -0.05) is 43.5 Å². The molecule has 1 aromatic heterocycles. The normalized spacial score (nSPS) is 14.7. The van der Waals surface area contributed by atoms with Crippen LogP contribution < -0.4 is 10.1 Å². The van der Waals surface area contributed by atoms with Crippen LogP contribution in [-0.2, 0) is 4.79 Å². The van der Waals surface area contributed by atoms with Gasteiger partial charge in [0.2, 0.25) is 5.91 Å². The van der Waals surface area contributed by atoms with E-state index < -0.39 is 6.04 Å². The number of hydrogen-bond donors (Lipinski definition) is 1. The number of carbonyl (C=O) groups is 1. The second-order valence-corrected chi connectivity index (χ2v) is 8.38. The van der Waals surface area contributed by atoms with Gasteiger partial charge in [-0.25, -0.2) is 0 Å². The lowest BCUT2D eigenvalue weighted by molar-refractivity contribution is -0.121. The van der Waals surface area contributed by atoms with Crippen LogP contribution in [0, 0.1) is 13.8 Å². The molecule has 1 aliphatic heterocycles. The fourth-order valence-corrected chi connectivity index (χ4v) is 4.08. The van der Waals surface area contributed by atoms with Crippen molar-refractivity contribution in [2.45, 2.75) is 38.6 Å². The van der Waals surface area contributed by atoms with Crippen LogP contribution in [0.25, 0.3) is 5.69 Å². The van der Waals surface area contributed by atoms with E-state index in [0.29, 0.717) is 23.1 Å². The summed E-state index contributed by atoms with van der Waals surface area (Å²) in [6.45, 7) is 6.36. The zero-order valence-corrected chi connectivity index (χ0v) is 19.6. The standard InChI is InChI=1S/C25H27ClN5O2/c1-4-5-6-13-27-23(32)15-21-25-30-29-16(2)31(25)22-12-11-19(33-3)14-20(22)24(28-21)17-7-9-18(26)10-8-17/h7-12,14,21H,1,4-6,13,15H2,2-3H3,(H,27,32)/t21-/m0/s1. The predicted octanol–water partition coefficient (Wildman–Crippen LogP) is 4.64. The average Bonchev–Trinajstić information content (AvgIpc) is 3.14. The highest BCUT2D eigenvalue weighted by Gasteiger charge is 2.30. The van der Waals surface area contributed by atoms with Crippen LogP contribution in [0.2, 0.25) is 5.02 Å². The van der Waals surface area contributed by atoms with E-state index in [0.717, 1.165) is 47.6 Å². The number of halogens is 1. The topological polar surface area (TPSA) is 81.4 Å². The van der Waals surface area contributed by atoms with Gasteiger partial charge in [0.15, 0.2) is 5.82 Å². The Labute approximate surface area is 198 Å². The summed E-state index contributed by atoms with van der Waals surface area (Å²) in [6, 6.07) is 12.9. The van der Waals surface area contributed by atoms with Crippen LogP contribution in [0.4, 0.5) is 0 Å². The van der Waals surface area contributed by atoms with Gasteiger partial charge in [0.1, 0.15) is 17.6 Å². The number of fused-ring (bicyclic) bond motifs is 3. The highest BCUT2D eigenvalue weighted by molar-refractivity contribution is 6.30. The summed E-state index contributed by atoms with van der Waals surface area (Å²) in [5.41, 5.74) is 3.41. The Morgan fingerprint density at radius 3 is 2.70 bits per heavy atom. The lowest BCUT2D eigenvalue weighted by Gasteiger charge is -2.14. The van der Waals surface area contributed by atoms with Crippen LogP contribution in [0.1, 0.15) is 54.5 Å². The molecule has 2 heterocycles. The van der Waals surface area contributed by atoms with Gasteiger partial charge in [0.05, 0.1) is 24.9 Å². The zero-order valence-electron chi connectivity index (χ0n) is 18.8. The van der Waals surface area contributed by atoms with Crippen molar-refractivity contribution in [3.63, 3.8) is 0 Å². The van der Waals surface area contributed by atoms with E-state index in [2.05, 4.69) is 22.4 Å². The molecule has 8 heteroatoms. The molecule has 0 aliphatic carbocycles. The second-order valence-electron chi connectivity index (χ2n) is 7.94. The Morgan fingerprint density at radius 1 is 1.18 bits per heavy atom. The monoisotopic (exact) mass is 464 g/mol. The SMILES string of the molecule is [CH2]CCCCNC(=O)C[C@@H]1N=C(c2ccc(Cl)cc2)c2cc(OC)ccc2-n2c(C)nnc21. The van der Waals surface area contributed by atoms with Gasteiger partial charge in [0.25, 0.3) is 0 Å². The van der Waals surface area contributed by atoms with Gasteiger partial charge in [-0.15, -0.1) is 10.2 Å². The summed E-state index contributed by atoms with van der Waals surface area (Å²) in [7, 11) is 1.63. The number of aliphatic imine (C=N–C) groups is 1. The molecule has 2 aromatic carbocycles. The van der Waals surface area contributed by atoms with Gasteiger partial charge in [-0.05, 0) is 43.7 Å². The van der Waals surface area contributed by atoms with Crippen molar-refractivity contribution < 1.29 is 9.53 Å². The Kier molecular flexibility index (Phi) is 7.08. The minimum Gasteiger partial charge on any atom is -0.497 e. The lowest BCUT2D eigenvalue weighted by Crippen LogP contribution is -2.26. The first-order valence-corrected chi connectivity index (χ1v) is 11.4. The van der Waals surface area contributed by atoms with E-state index in [-0.39, 0.29) is 12.3 Å². The summed E-state index contributed by atoms with van der Waals surface area (Å²) >= 11 is 6.14. The molecule has 1 radical (unpaired) electrons. The molecule has 0 fully saturated rings. The molecule has 0 saturated heterocycles. The van der Waals surface area contributed by atoms with Gasteiger partial charge < -0.3 is 10.1 Å². The Hall–Kier alpha value is -3.19. The molecule has 1 N–H and O–H groups in total. The van der Waals surface area contributed by atoms with Crippen molar-refractivity contribution in [3.8, 4) is 11.4 Å². The quantitative estimate of drug-likeness (QED) is 0.492. The van der Waals surface area contributed by atoms with Gasteiger partial charge >= 0.3 is 0 Å². The van der Waals surface area contributed by atoms with Crippen LogP contribution in [0.15, 0.2) is 47.5 Å². The number of benzene rings is 2. The first kappa shape index (κ1) is 23.0. The minimum absolute atomic E-state index is 0.0704. The maximum Gasteiger partial charge on any atom is 0.222 e. The van der Waals surface area contributed by atoms with Crippen LogP contribution in [-0.4, -0.2) is 40.0 Å². The van der Waals surface area contributed by atoms with Gasteiger partial charge in [-0.3, -0.25) is 14.4 Å². The molecule has 1 atom stereocenters. The number of carbonyl (C=O) groups excluding carboxylic acids is 1. The predicted molar refractivity (Wildman–Crippen MR) is 129 cm³/mol. The third kappa shape index (κ3) is 4.93. The Bertz CT molecular complexity index is 1170. The van der Waals surface area contributed by atoms with E-state index in [1.54, 1.807) is 7.11 Å². The van der Waals surface area contributed by atoms with E-state index in [4.69, 9.17) is 21.3 Å². The number of methoxy groups -OCH3 is 1. The van der Waals surface area contributed by atoms with Crippen molar-refractivity contribution in [2.24, 2.45) is 4.99 Å². The number of unbranched alkanes of at least 4 members (excludes halogenated alkanes) is 2. The first-order valence-electron chi connectivity index (χ1n) is 11.0. The van der Waals surface area contributed by atoms with Gasteiger partial charge in [0, 0.05) is 22.7 Å². The first-order chi connectivity index (χ1) is 16.0. The molecule has 0 spiro atoms. The number of rotatable bonds is 8. The summed E-state index contributed by atoms with van der Waals surface area (Å²) in [4.78, 5) is 17.8. The molecule has 0 unspecified atom stereocenters. The zero-order chi connectivity index (χ0) is 23.4. The summed E-state index contributed by atoms with van der Waals surface area (Å²) in [5.74, 6) is 2.00. The fourth-order valence-electron chi connectivity index (χ4n) is 3.95. The molecule has 33 heavy (non-hydrogen) atoms. The molecule has 3 aromatic rings. The second kappa shape index (κ2) is 10.2. The van der Waals surface area contributed by atoms with Crippen LogP contribution in [0.3, 0.4) is 0 Å². The largest absolute Gasteiger partial charge is 0.497 e. The molecular weight excluding hydrogens is 438 g/mol.